The number of amides is 4. The van der Waals surface area contributed by atoms with Gasteiger partial charge in [-0.05, 0) is 25.7 Å². The number of rotatable bonds is 5. The first kappa shape index (κ1) is 19.7. The molecule has 1 atom stereocenters. The van der Waals surface area contributed by atoms with E-state index in [1.165, 1.54) is 19.3 Å². The Kier molecular flexibility index (Phi) is 6.74. The van der Waals surface area contributed by atoms with Gasteiger partial charge in [-0.25, -0.2) is 4.79 Å². The van der Waals surface area contributed by atoms with E-state index in [9.17, 15) is 14.4 Å². The predicted octanol–water partition coefficient (Wildman–Crippen LogP) is 1.64. The van der Waals surface area contributed by atoms with Crippen molar-refractivity contribution in [3.05, 3.63) is 12.7 Å². The molecule has 4 amide bonds. The van der Waals surface area contributed by atoms with Gasteiger partial charge in [0.25, 0.3) is 0 Å². The van der Waals surface area contributed by atoms with Gasteiger partial charge < -0.3 is 20.4 Å². The quantitative estimate of drug-likeness (QED) is 0.716. The highest BCUT2D eigenvalue weighted by Gasteiger charge is 2.35. The summed E-state index contributed by atoms with van der Waals surface area (Å²) in [5.41, 5.74) is 0. The molecule has 0 radical (unpaired) electrons. The van der Waals surface area contributed by atoms with Crippen LogP contribution in [0.2, 0.25) is 0 Å². The molecule has 7 nitrogen and oxygen atoms in total. The van der Waals surface area contributed by atoms with Crippen LogP contribution in [0.4, 0.5) is 4.79 Å². The molecule has 3 rings (SSSR count). The second-order valence-electron chi connectivity index (χ2n) is 8.04. The number of hydrogen-bond donors (Lipinski definition) is 2. The molecular formula is C20H32N4O3. The van der Waals surface area contributed by atoms with Crippen LogP contribution < -0.4 is 10.6 Å². The lowest BCUT2D eigenvalue weighted by atomic mass is 9.95. The molecule has 0 aromatic heterocycles. The van der Waals surface area contributed by atoms with E-state index < -0.39 is 0 Å². The van der Waals surface area contributed by atoms with Crippen molar-refractivity contribution in [2.45, 2.75) is 63.5 Å². The second kappa shape index (κ2) is 9.24. The van der Waals surface area contributed by atoms with Crippen molar-refractivity contribution in [3.63, 3.8) is 0 Å². The third-order valence-electron chi connectivity index (χ3n) is 6.00. The molecule has 0 bridgehead atoms. The molecule has 2 saturated heterocycles. The van der Waals surface area contributed by atoms with Gasteiger partial charge in [-0.15, -0.1) is 6.58 Å². The van der Waals surface area contributed by atoms with E-state index >= 15 is 0 Å². The Balaban J connectivity index is 1.39. The van der Waals surface area contributed by atoms with Crippen molar-refractivity contribution >= 4 is 17.8 Å². The lowest BCUT2D eigenvalue weighted by molar-refractivity contribution is -0.129. The summed E-state index contributed by atoms with van der Waals surface area (Å²) in [6.45, 7) is 5.94. The minimum Gasteiger partial charge on any atom is -0.353 e. The van der Waals surface area contributed by atoms with Crippen LogP contribution in [0.15, 0.2) is 12.7 Å². The summed E-state index contributed by atoms with van der Waals surface area (Å²) in [5, 5.41) is 6.24. The average molecular weight is 377 g/mol. The average Bonchev–Trinajstić information content (AvgIpc) is 3.04. The number of carbonyl (C=O) groups is 3. The lowest BCUT2D eigenvalue weighted by Gasteiger charge is -2.34. The van der Waals surface area contributed by atoms with Gasteiger partial charge in [-0.2, -0.15) is 0 Å². The number of hydrogen-bond acceptors (Lipinski definition) is 3. The Labute approximate surface area is 161 Å². The predicted molar refractivity (Wildman–Crippen MR) is 103 cm³/mol. The summed E-state index contributed by atoms with van der Waals surface area (Å²) in [4.78, 5) is 40.3. The van der Waals surface area contributed by atoms with Crippen molar-refractivity contribution in [3.8, 4) is 0 Å². The Morgan fingerprint density at radius 1 is 1.04 bits per heavy atom. The molecule has 0 aromatic rings. The number of likely N-dealkylation sites (tertiary alicyclic amines) is 2. The monoisotopic (exact) mass is 376 g/mol. The highest BCUT2D eigenvalue weighted by atomic mass is 16.2. The van der Waals surface area contributed by atoms with Gasteiger partial charge in [-0.3, -0.25) is 9.59 Å². The highest BCUT2D eigenvalue weighted by Crippen LogP contribution is 2.20. The van der Waals surface area contributed by atoms with Crippen LogP contribution in [-0.2, 0) is 9.59 Å². The summed E-state index contributed by atoms with van der Waals surface area (Å²) >= 11 is 0. The van der Waals surface area contributed by atoms with Crippen LogP contribution >= 0.6 is 0 Å². The zero-order valence-corrected chi connectivity index (χ0v) is 16.1. The summed E-state index contributed by atoms with van der Waals surface area (Å²) in [5.74, 6) is -0.297. The molecule has 1 unspecified atom stereocenters. The maximum Gasteiger partial charge on any atom is 0.317 e. The Morgan fingerprint density at radius 2 is 1.70 bits per heavy atom. The smallest absolute Gasteiger partial charge is 0.317 e. The normalized spacial score (nSPS) is 24.7. The van der Waals surface area contributed by atoms with Crippen LogP contribution in [0, 0.1) is 5.92 Å². The van der Waals surface area contributed by atoms with E-state index in [1.54, 1.807) is 11.0 Å². The molecule has 3 fully saturated rings. The Morgan fingerprint density at radius 3 is 2.37 bits per heavy atom. The van der Waals surface area contributed by atoms with Gasteiger partial charge >= 0.3 is 6.03 Å². The first-order valence-corrected chi connectivity index (χ1v) is 10.3. The third-order valence-corrected chi connectivity index (χ3v) is 6.00. The summed E-state index contributed by atoms with van der Waals surface area (Å²) < 4.78 is 0. The van der Waals surface area contributed by atoms with E-state index in [-0.39, 0.29) is 36.2 Å². The first-order valence-electron chi connectivity index (χ1n) is 10.3. The van der Waals surface area contributed by atoms with Gasteiger partial charge in [0.05, 0.1) is 5.92 Å². The maximum atomic E-state index is 12.5. The standard InChI is InChI=1S/C20H32N4O3/c1-2-10-24-14-15(13-18(24)25)19(26)21-17-8-11-23(12-9-17)20(27)22-16-6-4-3-5-7-16/h2,15-17H,1,3-14H2,(H,21,26)(H,22,27). The van der Waals surface area contributed by atoms with Gasteiger partial charge in [0.2, 0.25) is 11.8 Å². The van der Waals surface area contributed by atoms with Crippen molar-refractivity contribution in [2.24, 2.45) is 5.92 Å². The zero-order chi connectivity index (χ0) is 19.2. The van der Waals surface area contributed by atoms with E-state index in [0.717, 1.165) is 25.7 Å². The lowest BCUT2D eigenvalue weighted by Crippen LogP contribution is -2.52. The Bertz CT molecular complexity index is 566. The van der Waals surface area contributed by atoms with Crippen LogP contribution in [-0.4, -0.2) is 65.9 Å². The fraction of sp³-hybridized carbons (Fsp3) is 0.750. The second-order valence-corrected chi connectivity index (χ2v) is 8.04. The van der Waals surface area contributed by atoms with E-state index in [0.29, 0.717) is 32.2 Å². The third kappa shape index (κ3) is 5.23. The molecule has 1 saturated carbocycles. The molecule has 2 heterocycles. The van der Waals surface area contributed by atoms with Crippen molar-refractivity contribution in [2.75, 3.05) is 26.2 Å². The van der Waals surface area contributed by atoms with Crippen LogP contribution in [0.5, 0.6) is 0 Å². The van der Waals surface area contributed by atoms with Crippen molar-refractivity contribution in [1.29, 1.82) is 0 Å². The molecule has 7 heteroatoms. The SMILES string of the molecule is C=CCN1CC(C(=O)NC2CCN(C(=O)NC3CCCCC3)CC2)CC1=O. The fourth-order valence-electron chi connectivity index (χ4n) is 4.34. The van der Waals surface area contributed by atoms with Crippen LogP contribution in [0.25, 0.3) is 0 Å². The highest BCUT2D eigenvalue weighted by molar-refractivity contribution is 5.89. The number of urea groups is 1. The minimum absolute atomic E-state index is 0.0178. The van der Waals surface area contributed by atoms with E-state index in [1.807, 2.05) is 4.90 Å². The number of nitrogens with zero attached hydrogens (tertiary/aromatic N) is 2. The molecule has 27 heavy (non-hydrogen) atoms. The van der Waals surface area contributed by atoms with E-state index in [4.69, 9.17) is 0 Å². The maximum absolute atomic E-state index is 12.5. The molecule has 150 valence electrons. The number of piperidine rings is 1. The Hall–Kier alpha value is -2.05. The van der Waals surface area contributed by atoms with Gasteiger partial charge in [0, 0.05) is 44.7 Å². The van der Waals surface area contributed by atoms with E-state index in [2.05, 4.69) is 17.2 Å². The minimum atomic E-state index is -0.273. The molecule has 1 aliphatic carbocycles. The van der Waals surface area contributed by atoms with Crippen LogP contribution in [0.3, 0.4) is 0 Å². The van der Waals surface area contributed by atoms with Crippen molar-refractivity contribution < 1.29 is 14.4 Å². The first-order chi connectivity index (χ1) is 13.1. The molecule has 3 aliphatic rings. The van der Waals surface area contributed by atoms with Gasteiger partial charge in [-0.1, -0.05) is 25.3 Å². The summed E-state index contributed by atoms with van der Waals surface area (Å²) in [6.07, 6.45) is 9.34. The fourth-order valence-corrected chi connectivity index (χ4v) is 4.34. The number of nitrogens with one attached hydrogen (secondary N) is 2. The molecule has 2 aliphatic heterocycles. The topological polar surface area (TPSA) is 81.8 Å². The molecule has 2 N–H and O–H groups in total. The zero-order valence-electron chi connectivity index (χ0n) is 16.1. The van der Waals surface area contributed by atoms with Crippen molar-refractivity contribution in [1.82, 2.24) is 20.4 Å². The largest absolute Gasteiger partial charge is 0.353 e. The summed E-state index contributed by atoms with van der Waals surface area (Å²) in [6, 6.07) is 0.440. The summed E-state index contributed by atoms with van der Waals surface area (Å²) in [7, 11) is 0. The number of carbonyl (C=O) groups excluding carboxylic acids is 3. The molecule has 0 spiro atoms. The molecule has 0 aromatic carbocycles. The molecular weight excluding hydrogens is 344 g/mol. The van der Waals surface area contributed by atoms with Gasteiger partial charge in [0.1, 0.15) is 0 Å². The van der Waals surface area contributed by atoms with Crippen LogP contribution in [0.1, 0.15) is 51.4 Å². The van der Waals surface area contributed by atoms with Gasteiger partial charge in [0.15, 0.2) is 0 Å².